The number of rotatable bonds is 5. The Morgan fingerprint density at radius 1 is 1.35 bits per heavy atom. The van der Waals surface area contributed by atoms with Crippen molar-refractivity contribution < 1.29 is 14.3 Å². The summed E-state index contributed by atoms with van der Waals surface area (Å²) in [6.45, 7) is 2.08. The molecule has 3 aromatic rings. The lowest BCUT2D eigenvalue weighted by molar-refractivity contribution is -0.142. The molecule has 0 fully saturated rings. The fourth-order valence-electron chi connectivity index (χ4n) is 2.01. The molecule has 0 atom stereocenters. The molecule has 0 aromatic carbocycles. The van der Waals surface area contributed by atoms with Gasteiger partial charge in [0.25, 0.3) is 5.91 Å². The number of pyridine rings is 1. The Kier molecular flexibility index (Phi) is 4.33. The lowest BCUT2D eigenvalue weighted by atomic mass is 10.3. The average molecular weight is 330 g/mol. The monoisotopic (exact) mass is 330 g/mol. The lowest BCUT2D eigenvalue weighted by Crippen LogP contribution is -2.12. The van der Waals surface area contributed by atoms with Gasteiger partial charge in [0.1, 0.15) is 11.3 Å². The van der Waals surface area contributed by atoms with Crippen LogP contribution in [0.5, 0.6) is 0 Å². The number of esters is 1. The molecular formula is C15H14N4O3S. The maximum absolute atomic E-state index is 12.2. The fourth-order valence-corrected chi connectivity index (χ4v) is 2.72. The number of carbonyl (C=O) groups is 2. The van der Waals surface area contributed by atoms with Crippen molar-refractivity contribution in [2.75, 3.05) is 11.9 Å². The second-order valence-electron chi connectivity index (χ2n) is 4.67. The molecule has 0 aliphatic rings. The summed E-state index contributed by atoms with van der Waals surface area (Å²) in [6.07, 6.45) is 3.56. The Labute approximate surface area is 135 Å². The maximum Gasteiger partial charge on any atom is 0.311 e. The second-order valence-corrected chi connectivity index (χ2v) is 5.53. The molecule has 0 spiro atoms. The van der Waals surface area contributed by atoms with Crippen molar-refractivity contribution in [3.63, 3.8) is 0 Å². The number of amides is 1. The molecule has 0 aliphatic heterocycles. The normalized spacial score (nSPS) is 10.7. The first-order valence-electron chi connectivity index (χ1n) is 7.01. The summed E-state index contributed by atoms with van der Waals surface area (Å²) in [6, 6.07) is 5.53. The highest BCUT2D eigenvalue weighted by molar-refractivity contribution is 7.14. The number of aromatic nitrogens is 3. The number of hydrogen-bond acceptors (Lipinski definition) is 6. The van der Waals surface area contributed by atoms with Crippen LogP contribution in [0.15, 0.2) is 36.0 Å². The van der Waals surface area contributed by atoms with Gasteiger partial charge in [-0.2, -0.15) is 0 Å². The van der Waals surface area contributed by atoms with E-state index < -0.39 is 0 Å². The third-order valence-electron chi connectivity index (χ3n) is 3.00. The van der Waals surface area contributed by atoms with Gasteiger partial charge >= 0.3 is 5.97 Å². The number of thiazole rings is 1. The molecule has 0 bridgehead atoms. The predicted molar refractivity (Wildman–Crippen MR) is 85.6 cm³/mol. The minimum atomic E-state index is -0.342. The largest absolute Gasteiger partial charge is 0.466 e. The van der Waals surface area contributed by atoms with Crippen LogP contribution in [0.25, 0.3) is 5.65 Å². The van der Waals surface area contributed by atoms with E-state index in [-0.39, 0.29) is 18.3 Å². The standard InChI is InChI=1S/C15H14N4O3S/c1-2-22-13(20)7-10-9-23-15(16-10)18-14(21)11-8-19-6-4-3-5-12(19)17-11/h3-6,8-9H,2,7H2,1H3,(H,16,18,21). The number of ether oxygens (including phenoxy) is 1. The zero-order valence-electron chi connectivity index (χ0n) is 12.4. The molecular weight excluding hydrogens is 316 g/mol. The minimum absolute atomic E-state index is 0.0918. The highest BCUT2D eigenvalue weighted by Gasteiger charge is 2.14. The Bertz CT molecular complexity index is 822. The molecule has 3 heterocycles. The fraction of sp³-hybridized carbons (Fsp3) is 0.200. The van der Waals surface area contributed by atoms with Crippen LogP contribution in [0.1, 0.15) is 23.1 Å². The summed E-state index contributed by atoms with van der Waals surface area (Å²) in [4.78, 5) is 32.1. The molecule has 1 N–H and O–H groups in total. The molecule has 23 heavy (non-hydrogen) atoms. The van der Waals surface area contributed by atoms with Gasteiger partial charge in [-0.15, -0.1) is 11.3 Å². The Balaban J connectivity index is 1.68. The summed E-state index contributed by atoms with van der Waals surface area (Å²) in [5.41, 5.74) is 1.57. The van der Waals surface area contributed by atoms with Crippen LogP contribution in [0.3, 0.4) is 0 Å². The van der Waals surface area contributed by atoms with Crippen LogP contribution in [-0.2, 0) is 16.0 Å². The third kappa shape index (κ3) is 3.54. The average Bonchev–Trinajstić information content (AvgIpc) is 3.14. The minimum Gasteiger partial charge on any atom is -0.466 e. The van der Waals surface area contributed by atoms with E-state index in [4.69, 9.17) is 4.74 Å². The molecule has 3 aromatic heterocycles. The number of fused-ring (bicyclic) bond motifs is 1. The zero-order chi connectivity index (χ0) is 16.2. The summed E-state index contributed by atoms with van der Waals surface area (Å²) in [5.74, 6) is -0.679. The van der Waals surface area contributed by atoms with E-state index in [1.165, 1.54) is 11.3 Å². The first-order chi connectivity index (χ1) is 11.2. The van der Waals surface area contributed by atoms with Crippen LogP contribution < -0.4 is 5.32 Å². The van der Waals surface area contributed by atoms with Crippen molar-refractivity contribution in [3.8, 4) is 0 Å². The third-order valence-corrected chi connectivity index (χ3v) is 3.81. The molecule has 7 nitrogen and oxygen atoms in total. The number of imidazole rings is 1. The van der Waals surface area contributed by atoms with Gasteiger partial charge in [-0.3, -0.25) is 14.9 Å². The van der Waals surface area contributed by atoms with E-state index in [1.54, 1.807) is 22.9 Å². The topological polar surface area (TPSA) is 85.6 Å². The van der Waals surface area contributed by atoms with Gasteiger partial charge < -0.3 is 9.14 Å². The lowest BCUT2D eigenvalue weighted by Gasteiger charge is -1.99. The van der Waals surface area contributed by atoms with Crippen LogP contribution in [0, 0.1) is 0 Å². The van der Waals surface area contributed by atoms with Crippen LogP contribution in [0.4, 0.5) is 5.13 Å². The highest BCUT2D eigenvalue weighted by Crippen LogP contribution is 2.17. The van der Waals surface area contributed by atoms with E-state index in [0.717, 1.165) is 0 Å². The number of anilines is 1. The van der Waals surface area contributed by atoms with Gasteiger partial charge in [-0.1, -0.05) is 6.07 Å². The number of nitrogens with zero attached hydrogens (tertiary/aromatic N) is 3. The van der Waals surface area contributed by atoms with Crippen LogP contribution in [0.2, 0.25) is 0 Å². The van der Waals surface area contributed by atoms with Crippen molar-refractivity contribution in [3.05, 3.63) is 47.4 Å². The molecule has 8 heteroatoms. The summed E-state index contributed by atoms with van der Waals surface area (Å²) in [7, 11) is 0. The zero-order valence-corrected chi connectivity index (χ0v) is 13.2. The van der Waals surface area contributed by atoms with E-state index >= 15 is 0 Å². The molecule has 0 aliphatic carbocycles. The molecule has 118 valence electrons. The quantitative estimate of drug-likeness (QED) is 0.725. The molecule has 0 radical (unpaired) electrons. The molecule has 3 rings (SSSR count). The predicted octanol–water partition coefficient (Wildman–Crippen LogP) is 2.15. The second kappa shape index (κ2) is 6.57. The Morgan fingerprint density at radius 3 is 3.00 bits per heavy atom. The number of hydrogen-bond donors (Lipinski definition) is 1. The van der Waals surface area contributed by atoms with E-state index in [1.807, 2.05) is 24.4 Å². The van der Waals surface area contributed by atoms with Gasteiger partial charge in [0.2, 0.25) is 0 Å². The molecule has 1 amide bonds. The number of nitrogens with one attached hydrogen (secondary N) is 1. The van der Waals surface area contributed by atoms with E-state index in [0.29, 0.717) is 28.8 Å². The summed E-state index contributed by atoms with van der Waals surface area (Å²) in [5, 5.41) is 4.83. The van der Waals surface area contributed by atoms with Crippen molar-refractivity contribution in [1.82, 2.24) is 14.4 Å². The smallest absolute Gasteiger partial charge is 0.311 e. The molecule has 0 saturated carbocycles. The van der Waals surface area contributed by atoms with Crippen LogP contribution >= 0.6 is 11.3 Å². The molecule has 0 unspecified atom stereocenters. The molecule has 0 saturated heterocycles. The first-order valence-corrected chi connectivity index (χ1v) is 7.89. The van der Waals surface area contributed by atoms with Gasteiger partial charge in [0.05, 0.1) is 18.7 Å². The van der Waals surface area contributed by atoms with Crippen molar-refractivity contribution in [2.24, 2.45) is 0 Å². The SMILES string of the molecule is CCOC(=O)Cc1csc(NC(=O)c2cn3ccccc3n2)n1. The van der Waals surface area contributed by atoms with Crippen molar-refractivity contribution in [1.29, 1.82) is 0 Å². The first kappa shape index (κ1) is 15.2. The van der Waals surface area contributed by atoms with Crippen molar-refractivity contribution >= 4 is 34.0 Å². The van der Waals surface area contributed by atoms with Gasteiger partial charge in [0, 0.05) is 17.8 Å². The van der Waals surface area contributed by atoms with Gasteiger partial charge in [-0.25, -0.2) is 9.97 Å². The Hall–Kier alpha value is -2.74. The van der Waals surface area contributed by atoms with Gasteiger partial charge in [-0.05, 0) is 19.1 Å². The maximum atomic E-state index is 12.2. The van der Waals surface area contributed by atoms with Gasteiger partial charge in [0.15, 0.2) is 5.13 Å². The van der Waals surface area contributed by atoms with E-state index in [2.05, 4.69) is 15.3 Å². The highest BCUT2D eigenvalue weighted by atomic mass is 32.1. The summed E-state index contributed by atoms with van der Waals surface area (Å²) < 4.78 is 6.63. The van der Waals surface area contributed by atoms with Crippen molar-refractivity contribution in [2.45, 2.75) is 13.3 Å². The Morgan fingerprint density at radius 2 is 2.22 bits per heavy atom. The number of carbonyl (C=O) groups excluding carboxylic acids is 2. The van der Waals surface area contributed by atoms with E-state index in [9.17, 15) is 9.59 Å². The van der Waals surface area contributed by atoms with Crippen LogP contribution in [-0.4, -0.2) is 32.9 Å². The summed E-state index contributed by atoms with van der Waals surface area (Å²) >= 11 is 1.25.